The summed E-state index contributed by atoms with van der Waals surface area (Å²) in [6, 6.07) is 3.96. The van der Waals surface area contributed by atoms with Gasteiger partial charge in [-0.05, 0) is 37.0 Å². The summed E-state index contributed by atoms with van der Waals surface area (Å²) in [5.41, 5.74) is 0.762. The molecule has 39 heavy (non-hydrogen) atoms. The predicted molar refractivity (Wildman–Crippen MR) is 141 cm³/mol. The van der Waals surface area contributed by atoms with E-state index in [2.05, 4.69) is 20.6 Å². The van der Waals surface area contributed by atoms with Crippen LogP contribution in [0, 0.1) is 11.8 Å². The summed E-state index contributed by atoms with van der Waals surface area (Å²) < 4.78 is 64.5. The standard InChI is InChI=1S/C26H27ClF4N6O2/c1-13-11-37(8-7-25(13,28)29)24-32-10-17(27)22(35-24)33-15-5-6-18-16(9-15)19-20(23(38)36(18)2)39-12-26(30,31)21(34-19)14-3-4-14/h5-6,9-10,13-14,21,34H,3-4,7-8,11-12H2,1-2H3,(H,32,33,35)/t13-,21-/m0/s1. The number of hydrogen-bond donors (Lipinski definition) is 2. The third kappa shape index (κ3) is 4.62. The Morgan fingerprint density at radius 1 is 1.21 bits per heavy atom. The molecule has 1 saturated heterocycles. The van der Waals surface area contributed by atoms with Crippen LogP contribution in [-0.4, -0.2) is 52.1 Å². The molecule has 2 fully saturated rings. The maximum atomic E-state index is 14.9. The lowest BCUT2D eigenvalue weighted by atomic mass is 9.96. The van der Waals surface area contributed by atoms with Crippen LogP contribution < -0.4 is 25.8 Å². The molecular formula is C26H27ClF4N6O2. The van der Waals surface area contributed by atoms with Crippen LogP contribution >= 0.6 is 11.6 Å². The topological polar surface area (TPSA) is 84.3 Å². The van der Waals surface area contributed by atoms with Crippen LogP contribution in [0.15, 0.2) is 29.2 Å². The molecular weight excluding hydrogens is 540 g/mol. The quantitative estimate of drug-likeness (QED) is 0.408. The summed E-state index contributed by atoms with van der Waals surface area (Å²) in [6.07, 6.45) is 2.46. The number of aryl methyl sites for hydroxylation is 1. The molecule has 6 rings (SSSR count). The molecule has 13 heteroatoms. The van der Waals surface area contributed by atoms with Crippen LogP contribution in [0.4, 0.5) is 40.7 Å². The first kappa shape index (κ1) is 26.0. The van der Waals surface area contributed by atoms with Crippen molar-refractivity contribution in [1.82, 2.24) is 14.5 Å². The van der Waals surface area contributed by atoms with Gasteiger partial charge in [-0.25, -0.2) is 22.5 Å². The number of hydrogen-bond acceptors (Lipinski definition) is 7. The molecule has 0 unspecified atom stereocenters. The second-order valence-corrected chi connectivity index (χ2v) is 11.1. The largest absolute Gasteiger partial charge is 0.480 e. The number of nitrogens with one attached hydrogen (secondary N) is 2. The minimum atomic E-state index is -3.14. The minimum Gasteiger partial charge on any atom is -0.480 e. The number of fused-ring (bicyclic) bond motifs is 3. The van der Waals surface area contributed by atoms with E-state index in [1.54, 1.807) is 30.1 Å². The zero-order valence-electron chi connectivity index (χ0n) is 21.3. The van der Waals surface area contributed by atoms with Gasteiger partial charge in [0.15, 0.2) is 12.4 Å². The van der Waals surface area contributed by atoms with Gasteiger partial charge >= 0.3 is 5.92 Å². The SMILES string of the molecule is C[C@H]1CN(c2ncc(Cl)c(Nc3ccc4c(c3)c3c(c(=O)n4C)OCC(F)(F)[C@H](C4CC4)N3)n2)CCC1(F)F. The number of halogens is 5. The Kier molecular flexibility index (Phi) is 6.09. The lowest BCUT2D eigenvalue weighted by Crippen LogP contribution is -2.46. The molecule has 3 aromatic rings. The minimum absolute atomic E-state index is 0.0999. The van der Waals surface area contributed by atoms with E-state index in [9.17, 15) is 22.4 Å². The van der Waals surface area contributed by atoms with E-state index in [1.807, 2.05) is 0 Å². The number of nitrogens with zero attached hydrogens (tertiary/aromatic N) is 4. The van der Waals surface area contributed by atoms with E-state index in [0.29, 0.717) is 29.4 Å². The second-order valence-electron chi connectivity index (χ2n) is 10.7. The molecule has 2 aromatic heterocycles. The average molecular weight is 567 g/mol. The molecule has 0 radical (unpaired) electrons. The molecule has 1 aliphatic carbocycles. The first-order valence-electron chi connectivity index (χ1n) is 12.8. The number of piperidine rings is 1. The zero-order valence-corrected chi connectivity index (χ0v) is 22.0. The third-order valence-corrected chi connectivity index (χ3v) is 8.09. The molecule has 4 heterocycles. The van der Waals surface area contributed by atoms with Gasteiger partial charge in [0.05, 0.1) is 23.4 Å². The van der Waals surface area contributed by atoms with Crippen molar-refractivity contribution < 1.29 is 22.3 Å². The summed E-state index contributed by atoms with van der Waals surface area (Å²) >= 11 is 6.37. The van der Waals surface area contributed by atoms with E-state index in [-0.39, 0.29) is 53.7 Å². The number of rotatable bonds is 4. The van der Waals surface area contributed by atoms with Crippen LogP contribution in [-0.2, 0) is 7.05 Å². The van der Waals surface area contributed by atoms with Gasteiger partial charge < -0.3 is 24.8 Å². The third-order valence-electron chi connectivity index (χ3n) is 7.82. The smallest absolute Gasteiger partial charge is 0.301 e. The fraction of sp³-hybridized carbons (Fsp3) is 0.500. The van der Waals surface area contributed by atoms with Crippen LogP contribution in [0.5, 0.6) is 5.75 Å². The van der Waals surface area contributed by atoms with Crippen molar-refractivity contribution in [3.05, 3.63) is 39.8 Å². The maximum Gasteiger partial charge on any atom is 0.301 e. The first-order chi connectivity index (χ1) is 18.4. The van der Waals surface area contributed by atoms with Gasteiger partial charge in [-0.2, -0.15) is 4.98 Å². The lowest BCUT2D eigenvalue weighted by Gasteiger charge is -2.36. The van der Waals surface area contributed by atoms with Crippen LogP contribution in [0.1, 0.15) is 26.2 Å². The number of aromatic nitrogens is 3. The van der Waals surface area contributed by atoms with Crippen molar-refractivity contribution in [3.8, 4) is 5.75 Å². The van der Waals surface area contributed by atoms with Gasteiger partial charge in [0, 0.05) is 43.5 Å². The van der Waals surface area contributed by atoms with Crippen LogP contribution in [0.2, 0.25) is 5.02 Å². The molecule has 1 aromatic carbocycles. The first-order valence-corrected chi connectivity index (χ1v) is 13.2. The van der Waals surface area contributed by atoms with Gasteiger partial charge in [-0.3, -0.25) is 4.79 Å². The highest BCUT2D eigenvalue weighted by Gasteiger charge is 2.51. The molecule has 1 saturated carbocycles. The Labute approximate surface area is 226 Å². The molecule has 2 aliphatic heterocycles. The monoisotopic (exact) mass is 566 g/mol. The fourth-order valence-corrected chi connectivity index (χ4v) is 5.43. The summed E-state index contributed by atoms with van der Waals surface area (Å²) in [5, 5.41) is 6.80. The van der Waals surface area contributed by atoms with Crippen molar-refractivity contribution in [2.24, 2.45) is 18.9 Å². The van der Waals surface area contributed by atoms with E-state index in [1.165, 1.54) is 17.7 Å². The molecule has 0 spiro atoms. The van der Waals surface area contributed by atoms with Gasteiger partial charge in [0.25, 0.3) is 11.5 Å². The van der Waals surface area contributed by atoms with Crippen LogP contribution in [0.3, 0.4) is 0 Å². The second kappa shape index (κ2) is 9.14. The average Bonchev–Trinajstić information content (AvgIpc) is 3.73. The van der Waals surface area contributed by atoms with Gasteiger partial charge in [0.1, 0.15) is 5.02 Å². The molecule has 0 bridgehead atoms. The molecule has 208 valence electrons. The van der Waals surface area contributed by atoms with E-state index < -0.39 is 36.0 Å². The van der Waals surface area contributed by atoms with Gasteiger partial charge in [-0.15, -0.1) is 0 Å². The van der Waals surface area contributed by atoms with Gasteiger partial charge in [0.2, 0.25) is 11.7 Å². The number of benzene rings is 1. The van der Waals surface area contributed by atoms with Crippen molar-refractivity contribution in [2.45, 2.75) is 44.1 Å². The highest BCUT2D eigenvalue weighted by molar-refractivity contribution is 6.32. The Morgan fingerprint density at radius 3 is 2.69 bits per heavy atom. The van der Waals surface area contributed by atoms with E-state index in [0.717, 1.165) is 0 Å². The van der Waals surface area contributed by atoms with E-state index in [4.69, 9.17) is 16.3 Å². The van der Waals surface area contributed by atoms with Crippen molar-refractivity contribution >= 4 is 45.6 Å². The Hall–Kier alpha value is -3.28. The number of anilines is 4. The van der Waals surface area contributed by atoms with Crippen LogP contribution in [0.25, 0.3) is 10.9 Å². The molecule has 8 nitrogen and oxygen atoms in total. The maximum absolute atomic E-state index is 14.9. The molecule has 2 N–H and O–H groups in total. The summed E-state index contributed by atoms with van der Waals surface area (Å²) in [7, 11) is 1.56. The Balaban J connectivity index is 1.36. The Morgan fingerprint density at radius 2 is 1.97 bits per heavy atom. The normalized spacial score (nSPS) is 23.9. The van der Waals surface area contributed by atoms with E-state index >= 15 is 0 Å². The number of alkyl halides is 4. The highest BCUT2D eigenvalue weighted by Crippen LogP contribution is 2.45. The number of pyridine rings is 1. The summed E-state index contributed by atoms with van der Waals surface area (Å²) in [5.74, 6) is -6.57. The highest BCUT2D eigenvalue weighted by atomic mass is 35.5. The van der Waals surface area contributed by atoms with Gasteiger partial charge in [-0.1, -0.05) is 18.5 Å². The predicted octanol–water partition coefficient (Wildman–Crippen LogP) is 5.43. The summed E-state index contributed by atoms with van der Waals surface area (Å²) in [4.78, 5) is 23.4. The van der Waals surface area contributed by atoms with Crippen molar-refractivity contribution in [2.75, 3.05) is 35.2 Å². The van der Waals surface area contributed by atoms with Crippen molar-refractivity contribution in [1.29, 1.82) is 0 Å². The molecule has 0 amide bonds. The Bertz CT molecular complexity index is 1510. The molecule has 3 aliphatic rings. The zero-order chi connectivity index (χ0) is 27.7. The molecule has 2 atom stereocenters. The number of ether oxygens (including phenoxy) is 1. The lowest BCUT2D eigenvalue weighted by molar-refractivity contribution is -0.0653. The summed E-state index contributed by atoms with van der Waals surface area (Å²) in [6.45, 7) is 0.816. The van der Waals surface area contributed by atoms with Crippen molar-refractivity contribution in [3.63, 3.8) is 0 Å². The fourth-order valence-electron chi connectivity index (χ4n) is 5.29.